The number of ether oxygens (including phenoxy) is 1. The number of nitrogens with zero attached hydrogens (tertiary/aromatic N) is 3. The number of rotatable bonds is 5. The second-order valence-corrected chi connectivity index (χ2v) is 8.25. The van der Waals surface area contributed by atoms with Crippen molar-refractivity contribution in [2.24, 2.45) is 5.41 Å². The molecule has 1 spiro atoms. The van der Waals surface area contributed by atoms with Crippen molar-refractivity contribution in [3.05, 3.63) is 59.9 Å². The monoisotopic (exact) mass is 379 g/mol. The first-order valence-electron chi connectivity index (χ1n) is 10.2. The molecule has 2 fully saturated rings. The normalized spacial score (nSPS) is 22.5. The van der Waals surface area contributed by atoms with Crippen LogP contribution in [0.3, 0.4) is 0 Å². The number of hydrogen-bond acceptors (Lipinski definition) is 4. The van der Waals surface area contributed by atoms with Gasteiger partial charge in [-0.1, -0.05) is 24.3 Å². The predicted octanol–water partition coefficient (Wildman–Crippen LogP) is 3.28. The minimum atomic E-state index is 0.0988. The number of carbonyl (C=O) groups is 1. The van der Waals surface area contributed by atoms with Crippen LogP contribution in [0.5, 0.6) is 5.75 Å². The van der Waals surface area contributed by atoms with Crippen molar-refractivity contribution in [2.45, 2.75) is 32.7 Å². The van der Waals surface area contributed by atoms with Crippen molar-refractivity contribution in [1.29, 1.82) is 0 Å². The van der Waals surface area contributed by atoms with Crippen molar-refractivity contribution in [3.63, 3.8) is 0 Å². The molecule has 0 bridgehead atoms. The van der Waals surface area contributed by atoms with E-state index in [-0.39, 0.29) is 17.9 Å². The third kappa shape index (κ3) is 4.53. The van der Waals surface area contributed by atoms with E-state index in [0.717, 1.165) is 62.7 Å². The van der Waals surface area contributed by atoms with E-state index in [9.17, 15) is 4.79 Å². The van der Waals surface area contributed by atoms with Crippen LogP contribution in [-0.2, 0) is 11.3 Å². The van der Waals surface area contributed by atoms with Crippen molar-refractivity contribution in [3.8, 4) is 5.75 Å². The summed E-state index contributed by atoms with van der Waals surface area (Å²) in [5, 5.41) is 0. The average Bonchev–Trinajstić information content (AvgIpc) is 3.08. The summed E-state index contributed by atoms with van der Waals surface area (Å²) in [5.74, 6) is 0.849. The summed E-state index contributed by atoms with van der Waals surface area (Å²) in [7, 11) is 0. The molecule has 0 N–H and O–H groups in total. The average molecular weight is 380 g/mol. The van der Waals surface area contributed by atoms with Crippen molar-refractivity contribution >= 4 is 5.91 Å². The van der Waals surface area contributed by atoms with Gasteiger partial charge in [-0.3, -0.25) is 14.7 Å². The quantitative estimate of drug-likeness (QED) is 0.800. The fourth-order valence-electron chi connectivity index (χ4n) is 4.59. The zero-order valence-electron chi connectivity index (χ0n) is 16.6. The number of pyridine rings is 1. The third-order valence-electron chi connectivity index (χ3n) is 5.97. The summed E-state index contributed by atoms with van der Waals surface area (Å²) in [4.78, 5) is 21.9. The van der Waals surface area contributed by atoms with Gasteiger partial charge in [0, 0.05) is 37.3 Å². The fourth-order valence-corrected chi connectivity index (χ4v) is 4.59. The molecule has 5 heteroatoms. The van der Waals surface area contributed by atoms with Crippen LogP contribution >= 0.6 is 0 Å². The maximum Gasteiger partial charge on any atom is 0.260 e. The maximum absolute atomic E-state index is 12.7. The second kappa shape index (κ2) is 8.31. The lowest BCUT2D eigenvalue weighted by molar-refractivity contribution is -0.136. The van der Waals surface area contributed by atoms with Gasteiger partial charge in [0.05, 0.1) is 5.69 Å². The third-order valence-corrected chi connectivity index (χ3v) is 5.97. The van der Waals surface area contributed by atoms with E-state index in [1.807, 2.05) is 48.2 Å². The molecule has 2 aromatic rings. The molecule has 1 atom stereocenters. The van der Waals surface area contributed by atoms with E-state index in [1.54, 1.807) is 0 Å². The largest absolute Gasteiger partial charge is 0.484 e. The zero-order valence-corrected chi connectivity index (χ0v) is 16.6. The molecule has 148 valence electrons. The summed E-state index contributed by atoms with van der Waals surface area (Å²) in [6, 6.07) is 15.8. The molecule has 0 saturated carbocycles. The number of amides is 1. The molecule has 4 rings (SSSR count). The van der Waals surface area contributed by atoms with Gasteiger partial charge >= 0.3 is 0 Å². The van der Waals surface area contributed by atoms with Crippen LogP contribution in [0.15, 0.2) is 48.5 Å². The number of para-hydroxylation sites is 1. The summed E-state index contributed by atoms with van der Waals surface area (Å²) in [6.45, 7) is 6.88. The molecule has 3 heterocycles. The van der Waals surface area contributed by atoms with E-state index in [0.29, 0.717) is 0 Å². The van der Waals surface area contributed by atoms with E-state index < -0.39 is 0 Å². The highest BCUT2D eigenvalue weighted by atomic mass is 16.5. The van der Waals surface area contributed by atoms with Gasteiger partial charge < -0.3 is 9.64 Å². The molecule has 1 aromatic carbocycles. The van der Waals surface area contributed by atoms with Crippen LogP contribution in [0.2, 0.25) is 0 Å². The molecule has 2 aliphatic rings. The van der Waals surface area contributed by atoms with E-state index in [4.69, 9.17) is 4.74 Å². The maximum atomic E-state index is 12.7. The number of aryl methyl sites for hydroxylation is 1. The number of hydrogen-bond donors (Lipinski definition) is 0. The molecule has 0 unspecified atom stereocenters. The SMILES string of the molecule is Cc1cccc(CN2CC[C@]3(CCCN(C(=O)COc4ccccc4)C3)C2)n1. The number of likely N-dealkylation sites (tertiary alicyclic amines) is 2. The van der Waals surface area contributed by atoms with Crippen molar-refractivity contribution < 1.29 is 9.53 Å². The number of benzene rings is 1. The molecule has 1 aromatic heterocycles. The van der Waals surface area contributed by atoms with Gasteiger partial charge in [0.1, 0.15) is 5.75 Å². The van der Waals surface area contributed by atoms with E-state index in [2.05, 4.69) is 22.0 Å². The van der Waals surface area contributed by atoms with Crippen LogP contribution in [0.1, 0.15) is 30.7 Å². The topological polar surface area (TPSA) is 45.7 Å². The standard InChI is InChI=1S/C23H29N3O2/c1-19-7-5-8-20(24-19)15-25-14-12-23(17-25)11-6-13-26(18-23)22(27)16-28-21-9-3-2-4-10-21/h2-5,7-10H,6,11-18H2,1H3/t23-/m1/s1. The zero-order chi connectivity index (χ0) is 19.4. The van der Waals surface area contributed by atoms with Gasteiger partial charge in [0.25, 0.3) is 5.91 Å². The lowest BCUT2D eigenvalue weighted by Crippen LogP contribution is -2.48. The van der Waals surface area contributed by atoms with Gasteiger partial charge in [0.2, 0.25) is 0 Å². The van der Waals surface area contributed by atoms with Crippen LogP contribution in [0.4, 0.5) is 0 Å². The Morgan fingerprint density at radius 2 is 1.93 bits per heavy atom. The van der Waals surface area contributed by atoms with Gasteiger partial charge in [0.15, 0.2) is 6.61 Å². The molecule has 1 amide bonds. The van der Waals surface area contributed by atoms with Crippen LogP contribution in [-0.4, -0.2) is 53.5 Å². The number of aromatic nitrogens is 1. The van der Waals surface area contributed by atoms with Gasteiger partial charge in [-0.05, 0) is 57.0 Å². The van der Waals surface area contributed by atoms with Crippen molar-refractivity contribution in [2.75, 3.05) is 32.8 Å². The summed E-state index contributed by atoms with van der Waals surface area (Å²) < 4.78 is 5.67. The minimum absolute atomic E-state index is 0.0988. The first-order valence-corrected chi connectivity index (χ1v) is 10.2. The van der Waals surface area contributed by atoms with Crippen molar-refractivity contribution in [1.82, 2.24) is 14.8 Å². The lowest BCUT2D eigenvalue weighted by atomic mass is 9.79. The Kier molecular flexibility index (Phi) is 5.62. The minimum Gasteiger partial charge on any atom is -0.484 e. The molecular weight excluding hydrogens is 350 g/mol. The lowest BCUT2D eigenvalue weighted by Gasteiger charge is -2.40. The van der Waals surface area contributed by atoms with E-state index >= 15 is 0 Å². The van der Waals surface area contributed by atoms with Gasteiger partial charge in [-0.15, -0.1) is 0 Å². The molecule has 5 nitrogen and oxygen atoms in total. The molecule has 28 heavy (non-hydrogen) atoms. The van der Waals surface area contributed by atoms with Crippen LogP contribution in [0, 0.1) is 12.3 Å². The Morgan fingerprint density at radius 1 is 1.07 bits per heavy atom. The highest BCUT2D eigenvalue weighted by Gasteiger charge is 2.42. The molecular formula is C23H29N3O2. The predicted molar refractivity (Wildman–Crippen MR) is 109 cm³/mol. The van der Waals surface area contributed by atoms with Gasteiger partial charge in [-0.25, -0.2) is 0 Å². The fraction of sp³-hybridized carbons (Fsp3) is 0.478. The van der Waals surface area contributed by atoms with E-state index in [1.165, 1.54) is 6.42 Å². The Morgan fingerprint density at radius 3 is 2.75 bits per heavy atom. The number of piperidine rings is 1. The molecule has 0 aliphatic carbocycles. The smallest absolute Gasteiger partial charge is 0.260 e. The Labute approximate surface area is 167 Å². The Balaban J connectivity index is 1.32. The molecule has 2 aliphatic heterocycles. The van der Waals surface area contributed by atoms with Gasteiger partial charge in [-0.2, -0.15) is 0 Å². The summed E-state index contributed by atoms with van der Waals surface area (Å²) in [6.07, 6.45) is 3.43. The molecule has 2 saturated heterocycles. The first-order chi connectivity index (χ1) is 13.6. The van der Waals surface area contributed by atoms with Crippen LogP contribution in [0.25, 0.3) is 0 Å². The molecule has 0 radical (unpaired) electrons. The second-order valence-electron chi connectivity index (χ2n) is 8.25. The number of carbonyl (C=O) groups excluding carboxylic acids is 1. The summed E-state index contributed by atoms with van der Waals surface area (Å²) in [5.41, 5.74) is 2.43. The Hall–Kier alpha value is -2.40. The highest BCUT2D eigenvalue weighted by Crippen LogP contribution is 2.39. The van der Waals surface area contributed by atoms with Crippen LogP contribution < -0.4 is 4.74 Å². The highest BCUT2D eigenvalue weighted by molar-refractivity contribution is 5.78. The summed E-state index contributed by atoms with van der Waals surface area (Å²) >= 11 is 0. The first kappa shape index (κ1) is 18.9. The Bertz CT molecular complexity index is 811.